The molecule has 0 amide bonds. The SMILES string of the molecule is CC.CO.COc1cc(O)c2c(c1)C(=O)C1=C(CCC(C)C1O)C2=O. The van der Waals surface area contributed by atoms with Crippen molar-refractivity contribution in [2.75, 3.05) is 14.2 Å². The summed E-state index contributed by atoms with van der Waals surface area (Å²) < 4.78 is 5.03. The number of aromatic hydroxyl groups is 1. The second-order valence-corrected chi connectivity index (χ2v) is 5.58. The van der Waals surface area contributed by atoms with Crippen molar-refractivity contribution in [2.45, 2.75) is 39.7 Å². The molecule has 0 aliphatic heterocycles. The number of fused-ring (bicyclic) bond motifs is 1. The van der Waals surface area contributed by atoms with Gasteiger partial charge in [-0.15, -0.1) is 0 Å². The minimum atomic E-state index is -0.938. The van der Waals surface area contributed by atoms with Crippen LogP contribution in [0.25, 0.3) is 0 Å². The van der Waals surface area contributed by atoms with Crippen LogP contribution in [0.5, 0.6) is 11.5 Å². The Labute approximate surface area is 147 Å². The lowest BCUT2D eigenvalue weighted by atomic mass is 9.72. The van der Waals surface area contributed by atoms with E-state index in [2.05, 4.69) is 0 Å². The van der Waals surface area contributed by atoms with Crippen LogP contribution in [0, 0.1) is 5.92 Å². The zero-order valence-corrected chi connectivity index (χ0v) is 15.3. The molecule has 0 saturated heterocycles. The largest absolute Gasteiger partial charge is 0.507 e. The Hall–Kier alpha value is -2.18. The maximum absolute atomic E-state index is 12.6. The first kappa shape index (κ1) is 20.9. The van der Waals surface area contributed by atoms with Crippen molar-refractivity contribution in [3.05, 3.63) is 34.4 Å². The number of hydrogen-bond acceptors (Lipinski definition) is 6. The van der Waals surface area contributed by atoms with E-state index in [1.54, 1.807) is 0 Å². The van der Waals surface area contributed by atoms with Crippen LogP contribution in [0.3, 0.4) is 0 Å². The summed E-state index contributed by atoms with van der Waals surface area (Å²) in [5.41, 5.74) is 0.627. The number of aliphatic hydroxyl groups excluding tert-OH is 2. The zero-order chi connectivity index (χ0) is 19.3. The highest BCUT2D eigenvalue weighted by molar-refractivity contribution is 6.28. The van der Waals surface area contributed by atoms with E-state index in [-0.39, 0.29) is 34.2 Å². The van der Waals surface area contributed by atoms with Gasteiger partial charge in [0.25, 0.3) is 0 Å². The Kier molecular flexibility index (Phi) is 7.33. The molecule has 0 fully saturated rings. The average Bonchev–Trinajstić information content (AvgIpc) is 2.64. The number of aliphatic hydroxyl groups is 2. The number of benzene rings is 1. The van der Waals surface area contributed by atoms with Gasteiger partial charge in [0.05, 0.1) is 18.8 Å². The summed E-state index contributed by atoms with van der Waals surface area (Å²) in [5, 5.41) is 27.3. The number of phenolic OH excluding ortho intramolecular Hbond substituents is 1. The first-order valence-electron chi connectivity index (χ1n) is 8.32. The van der Waals surface area contributed by atoms with Crippen molar-refractivity contribution < 1.29 is 29.6 Å². The molecule has 2 aliphatic carbocycles. The lowest BCUT2D eigenvalue weighted by molar-refractivity contribution is 0.0852. The number of carbonyl (C=O) groups excluding carboxylic acids is 2. The Morgan fingerprint density at radius 3 is 2.28 bits per heavy atom. The Morgan fingerprint density at radius 2 is 1.72 bits per heavy atom. The molecule has 0 saturated carbocycles. The van der Waals surface area contributed by atoms with Crippen molar-refractivity contribution in [2.24, 2.45) is 5.92 Å². The fourth-order valence-electron chi connectivity index (χ4n) is 3.07. The Bertz CT molecular complexity index is 689. The predicted octanol–water partition coefficient (Wildman–Crippen LogP) is 2.50. The van der Waals surface area contributed by atoms with Gasteiger partial charge in [-0.3, -0.25) is 9.59 Å². The van der Waals surface area contributed by atoms with Crippen LogP contribution in [0.1, 0.15) is 54.3 Å². The van der Waals surface area contributed by atoms with Gasteiger partial charge in [0, 0.05) is 29.9 Å². The van der Waals surface area contributed by atoms with Gasteiger partial charge in [-0.2, -0.15) is 0 Å². The maximum Gasteiger partial charge on any atom is 0.193 e. The van der Waals surface area contributed by atoms with Gasteiger partial charge in [-0.05, 0) is 24.8 Å². The van der Waals surface area contributed by atoms with E-state index in [1.807, 2.05) is 20.8 Å². The van der Waals surface area contributed by atoms with E-state index >= 15 is 0 Å². The standard InChI is InChI=1S/C16H16O5.C2H6.CH4O/c1-7-3-4-9-13(14(7)18)16(20)10-5-8(21-2)6-11(17)12(10)15(9)19;2*1-2/h5-7,14,17-18H,3-4H2,1-2H3;1-2H3;2H,1H3. The van der Waals surface area contributed by atoms with Crippen LogP contribution < -0.4 is 4.74 Å². The van der Waals surface area contributed by atoms with E-state index < -0.39 is 11.9 Å². The lowest BCUT2D eigenvalue weighted by Gasteiger charge is -2.32. The number of phenols is 1. The molecule has 6 heteroatoms. The molecule has 0 radical (unpaired) electrons. The van der Waals surface area contributed by atoms with Gasteiger partial charge in [-0.1, -0.05) is 20.8 Å². The molecular formula is C19H26O6. The summed E-state index contributed by atoms with van der Waals surface area (Å²) in [7, 11) is 2.42. The predicted molar refractivity (Wildman–Crippen MR) is 94.2 cm³/mol. The van der Waals surface area contributed by atoms with Crippen LogP contribution in [-0.2, 0) is 0 Å². The summed E-state index contributed by atoms with van der Waals surface area (Å²) in [6.07, 6.45) is 0.153. The number of carbonyl (C=O) groups is 2. The minimum Gasteiger partial charge on any atom is -0.507 e. The molecule has 6 nitrogen and oxygen atoms in total. The molecule has 138 valence electrons. The van der Waals surface area contributed by atoms with E-state index in [9.17, 15) is 19.8 Å². The fourth-order valence-corrected chi connectivity index (χ4v) is 3.07. The van der Waals surface area contributed by atoms with Crippen molar-refractivity contribution >= 4 is 11.6 Å². The topological polar surface area (TPSA) is 104 Å². The number of rotatable bonds is 1. The third-order valence-electron chi connectivity index (χ3n) is 4.33. The smallest absolute Gasteiger partial charge is 0.193 e. The van der Waals surface area contributed by atoms with Gasteiger partial charge < -0.3 is 20.1 Å². The second-order valence-electron chi connectivity index (χ2n) is 5.58. The van der Waals surface area contributed by atoms with Crippen molar-refractivity contribution in [1.82, 2.24) is 0 Å². The van der Waals surface area contributed by atoms with E-state index in [4.69, 9.17) is 9.84 Å². The molecule has 0 aromatic heterocycles. The monoisotopic (exact) mass is 350 g/mol. The third-order valence-corrected chi connectivity index (χ3v) is 4.33. The van der Waals surface area contributed by atoms with Crippen molar-refractivity contribution in [3.63, 3.8) is 0 Å². The highest BCUT2D eigenvalue weighted by Crippen LogP contribution is 2.41. The summed E-state index contributed by atoms with van der Waals surface area (Å²) in [4.78, 5) is 25.2. The van der Waals surface area contributed by atoms with Gasteiger partial charge in [0.1, 0.15) is 11.5 Å². The van der Waals surface area contributed by atoms with Gasteiger partial charge in [0.2, 0.25) is 0 Å². The first-order valence-corrected chi connectivity index (χ1v) is 8.32. The minimum absolute atomic E-state index is 0.0151. The van der Waals surface area contributed by atoms with Crippen LogP contribution >= 0.6 is 0 Å². The number of hydrogen-bond donors (Lipinski definition) is 3. The highest BCUT2D eigenvalue weighted by atomic mass is 16.5. The highest BCUT2D eigenvalue weighted by Gasteiger charge is 2.41. The lowest BCUT2D eigenvalue weighted by Crippen LogP contribution is -2.36. The number of ketones is 2. The maximum atomic E-state index is 12.6. The molecule has 2 atom stereocenters. The normalized spacial score (nSPS) is 21.2. The fraction of sp³-hybridized carbons (Fsp3) is 0.474. The summed E-state index contributed by atoms with van der Waals surface area (Å²) in [6.45, 7) is 5.85. The number of Topliss-reactive ketones (excluding diaryl/α,β-unsaturated/α-hetero) is 2. The molecule has 3 N–H and O–H groups in total. The van der Waals surface area contributed by atoms with E-state index in [0.717, 1.165) is 7.11 Å². The van der Waals surface area contributed by atoms with Crippen LogP contribution in [0.15, 0.2) is 23.3 Å². The summed E-state index contributed by atoms with van der Waals surface area (Å²) >= 11 is 0. The molecule has 0 heterocycles. The van der Waals surface area contributed by atoms with Crippen LogP contribution in [0.4, 0.5) is 0 Å². The van der Waals surface area contributed by atoms with Crippen LogP contribution in [0.2, 0.25) is 0 Å². The number of allylic oxidation sites excluding steroid dienone is 1. The molecule has 2 aliphatic rings. The first-order chi connectivity index (χ1) is 12.0. The average molecular weight is 350 g/mol. The Morgan fingerprint density at radius 1 is 1.12 bits per heavy atom. The van der Waals surface area contributed by atoms with Crippen molar-refractivity contribution in [3.8, 4) is 11.5 Å². The molecule has 0 spiro atoms. The molecule has 3 rings (SSSR count). The molecule has 1 aromatic carbocycles. The third kappa shape index (κ3) is 3.60. The van der Waals surface area contributed by atoms with Gasteiger partial charge in [0.15, 0.2) is 11.6 Å². The van der Waals surface area contributed by atoms with Crippen LogP contribution in [-0.4, -0.2) is 47.2 Å². The molecule has 2 unspecified atom stereocenters. The van der Waals surface area contributed by atoms with E-state index in [0.29, 0.717) is 24.2 Å². The quantitative estimate of drug-likeness (QED) is 0.719. The number of methoxy groups -OCH3 is 1. The van der Waals surface area contributed by atoms with Crippen molar-refractivity contribution in [1.29, 1.82) is 0 Å². The van der Waals surface area contributed by atoms with Gasteiger partial charge >= 0.3 is 0 Å². The molecule has 25 heavy (non-hydrogen) atoms. The Balaban J connectivity index is 0.000000730. The molecular weight excluding hydrogens is 324 g/mol. The van der Waals surface area contributed by atoms with E-state index in [1.165, 1.54) is 19.2 Å². The second kappa shape index (κ2) is 8.78. The van der Waals surface area contributed by atoms with Gasteiger partial charge in [-0.25, -0.2) is 0 Å². The molecule has 0 bridgehead atoms. The zero-order valence-electron chi connectivity index (χ0n) is 15.3. The molecule has 1 aromatic rings. The summed E-state index contributed by atoms with van der Waals surface area (Å²) in [5.74, 6) is -0.794. The number of ether oxygens (including phenoxy) is 1. The summed E-state index contributed by atoms with van der Waals surface area (Å²) in [6, 6.07) is 2.75.